The standard InChI is InChI=1S/C21H22N2S4/c1-15-19(17-3-7-22-8-4-17)26-13-21(11-24-15)12-25-16(2)20(27-14-21)18-5-9-23-10-6-18/h3-10H,11-14H2,1-2H3. The highest BCUT2D eigenvalue weighted by Gasteiger charge is 2.36. The molecule has 1 spiro atoms. The monoisotopic (exact) mass is 430 g/mol. The summed E-state index contributed by atoms with van der Waals surface area (Å²) in [5.41, 5.74) is 2.95. The quantitative estimate of drug-likeness (QED) is 0.539. The molecule has 2 aromatic rings. The molecule has 0 amide bonds. The lowest BCUT2D eigenvalue weighted by Gasteiger charge is -2.30. The van der Waals surface area contributed by atoms with Crippen LogP contribution in [0.15, 0.2) is 58.9 Å². The highest BCUT2D eigenvalue weighted by Crippen LogP contribution is 2.51. The van der Waals surface area contributed by atoms with E-state index in [-0.39, 0.29) is 0 Å². The van der Waals surface area contributed by atoms with Crippen molar-refractivity contribution in [1.29, 1.82) is 0 Å². The van der Waals surface area contributed by atoms with Crippen LogP contribution in [-0.4, -0.2) is 33.0 Å². The molecule has 0 N–H and O–H groups in total. The van der Waals surface area contributed by atoms with Gasteiger partial charge in [0.2, 0.25) is 0 Å². The van der Waals surface area contributed by atoms with E-state index < -0.39 is 0 Å². The number of hydrogen-bond acceptors (Lipinski definition) is 6. The summed E-state index contributed by atoms with van der Waals surface area (Å²) in [7, 11) is 0. The van der Waals surface area contributed by atoms with E-state index in [4.69, 9.17) is 0 Å². The summed E-state index contributed by atoms with van der Waals surface area (Å²) in [6.07, 6.45) is 7.58. The zero-order valence-electron chi connectivity index (χ0n) is 15.5. The van der Waals surface area contributed by atoms with Crippen molar-refractivity contribution in [2.24, 2.45) is 5.41 Å². The van der Waals surface area contributed by atoms with Crippen LogP contribution in [0.25, 0.3) is 9.81 Å². The largest absolute Gasteiger partial charge is 0.265 e. The summed E-state index contributed by atoms with van der Waals surface area (Å²) in [4.78, 5) is 14.1. The first-order valence-electron chi connectivity index (χ1n) is 8.91. The molecule has 0 atom stereocenters. The number of pyridine rings is 2. The van der Waals surface area contributed by atoms with Gasteiger partial charge in [-0.05, 0) is 59.1 Å². The number of allylic oxidation sites excluding steroid dienone is 2. The van der Waals surface area contributed by atoms with Gasteiger partial charge in [0, 0.05) is 63.0 Å². The Morgan fingerprint density at radius 1 is 0.630 bits per heavy atom. The predicted octanol–water partition coefficient (Wildman–Crippen LogP) is 6.50. The molecular formula is C21H22N2S4. The number of hydrogen-bond donors (Lipinski definition) is 0. The maximum absolute atomic E-state index is 4.17. The molecule has 2 aromatic heterocycles. The van der Waals surface area contributed by atoms with E-state index >= 15 is 0 Å². The second-order valence-electron chi connectivity index (χ2n) is 6.90. The van der Waals surface area contributed by atoms with Crippen molar-refractivity contribution < 1.29 is 0 Å². The molecule has 0 saturated heterocycles. The summed E-state index contributed by atoms with van der Waals surface area (Å²) in [5, 5.41) is 0. The Bertz CT molecular complexity index is 789. The Morgan fingerprint density at radius 3 is 1.41 bits per heavy atom. The van der Waals surface area contributed by atoms with Gasteiger partial charge in [0.05, 0.1) is 0 Å². The Labute approximate surface area is 178 Å². The van der Waals surface area contributed by atoms with Crippen molar-refractivity contribution in [2.45, 2.75) is 13.8 Å². The smallest absolute Gasteiger partial charge is 0.0274 e. The van der Waals surface area contributed by atoms with Crippen molar-refractivity contribution in [2.75, 3.05) is 23.0 Å². The zero-order chi connectivity index (χ0) is 18.7. The number of rotatable bonds is 2. The van der Waals surface area contributed by atoms with Crippen LogP contribution in [0.3, 0.4) is 0 Å². The molecule has 27 heavy (non-hydrogen) atoms. The summed E-state index contributed by atoms with van der Waals surface area (Å²) in [6.45, 7) is 4.55. The zero-order valence-corrected chi connectivity index (χ0v) is 18.7. The van der Waals surface area contributed by atoms with Crippen LogP contribution in [0.4, 0.5) is 0 Å². The lowest BCUT2D eigenvalue weighted by Crippen LogP contribution is -2.31. The minimum atomic E-state index is 0.344. The van der Waals surface area contributed by atoms with Crippen molar-refractivity contribution in [3.05, 3.63) is 70.0 Å². The topological polar surface area (TPSA) is 25.8 Å². The maximum Gasteiger partial charge on any atom is 0.0274 e. The van der Waals surface area contributed by atoms with Crippen LogP contribution in [0.1, 0.15) is 25.0 Å². The third-order valence-corrected chi connectivity index (χ3v) is 11.0. The van der Waals surface area contributed by atoms with Gasteiger partial charge in [-0.2, -0.15) is 0 Å². The number of thioether (sulfide) groups is 4. The SMILES string of the molecule is CC1=C(c2ccncc2)SCC2(CS1)CSC(C)=C(c1ccncc1)SC2. The third kappa shape index (κ3) is 4.44. The Morgan fingerprint density at radius 2 is 1.00 bits per heavy atom. The second-order valence-corrected chi connectivity index (χ2v) is 11.2. The molecule has 4 rings (SSSR count). The van der Waals surface area contributed by atoms with E-state index in [0.29, 0.717) is 5.41 Å². The fraction of sp³-hybridized carbons (Fsp3) is 0.333. The Balaban J connectivity index is 1.52. The van der Waals surface area contributed by atoms with Gasteiger partial charge in [0.25, 0.3) is 0 Å². The van der Waals surface area contributed by atoms with Gasteiger partial charge in [-0.1, -0.05) is 0 Å². The first kappa shape index (κ1) is 19.5. The molecular weight excluding hydrogens is 409 g/mol. The fourth-order valence-corrected chi connectivity index (χ4v) is 9.30. The van der Waals surface area contributed by atoms with E-state index in [0.717, 1.165) is 0 Å². The molecule has 6 heteroatoms. The third-order valence-electron chi connectivity index (χ3n) is 4.76. The molecule has 0 saturated carbocycles. The molecule has 140 valence electrons. The summed E-state index contributed by atoms with van der Waals surface area (Å²) in [5.74, 6) is 4.73. The Hall–Kier alpha value is -0.820. The van der Waals surface area contributed by atoms with Gasteiger partial charge in [-0.25, -0.2) is 0 Å². The predicted molar refractivity (Wildman–Crippen MR) is 126 cm³/mol. The fourth-order valence-electron chi connectivity index (χ4n) is 3.14. The lowest BCUT2D eigenvalue weighted by molar-refractivity contribution is 0.519. The Kier molecular flexibility index (Phi) is 6.27. The van der Waals surface area contributed by atoms with Crippen LogP contribution in [0, 0.1) is 5.41 Å². The first-order valence-corrected chi connectivity index (χ1v) is 12.8. The van der Waals surface area contributed by atoms with Crippen LogP contribution in [-0.2, 0) is 0 Å². The second kappa shape index (κ2) is 8.68. The molecule has 2 aliphatic rings. The van der Waals surface area contributed by atoms with Gasteiger partial charge in [-0.3, -0.25) is 9.97 Å². The van der Waals surface area contributed by atoms with Gasteiger partial charge in [0.15, 0.2) is 0 Å². The van der Waals surface area contributed by atoms with Crippen LogP contribution < -0.4 is 0 Å². The van der Waals surface area contributed by atoms with Gasteiger partial charge in [-0.15, -0.1) is 47.0 Å². The first-order chi connectivity index (χ1) is 13.2. The molecule has 0 aromatic carbocycles. The lowest BCUT2D eigenvalue weighted by atomic mass is 9.99. The summed E-state index contributed by atoms with van der Waals surface area (Å²) < 4.78 is 0. The van der Waals surface area contributed by atoms with Crippen molar-refractivity contribution >= 4 is 56.9 Å². The molecule has 0 fully saturated rings. The van der Waals surface area contributed by atoms with Gasteiger partial charge in [0.1, 0.15) is 0 Å². The maximum atomic E-state index is 4.17. The van der Waals surface area contributed by atoms with Crippen molar-refractivity contribution in [3.63, 3.8) is 0 Å². The van der Waals surface area contributed by atoms with E-state index in [2.05, 4.69) is 48.1 Å². The normalized spacial score (nSPS) is 20.5. The van der Waals surface area contributed by atoms with E-state index in [1.807, 2.05) is 71.8 Å². The van der Waals surface area contributed by atoms with E-state index in [1.54, 1.807) is 0 Å². The molecule has 4 heterocycles. The van der Waals surface area contributed by atoms with Gasteiger partial charge >= 0.3 is 0 Å². The van der Waals surface area contributed by atoms with E-state index in [9.17, 15) is 0 Å². The average molecular weight is 431 g/mol. The molecule has 2 nitrogen and oxygen atoms in total. The minimum absolute atomic E-state index is 0.344. The van der Waals surface area contributed by atoms with E-state index in [1.165, 1.54) is 53.8 Å². The molecule has 0 radical (unpaired) electrons. The molecule has 0 aliphatic carbocycles. The summed E-state index contributed by atoms with van der Waals surface area (Å²) >= 11 is 8.14. The highest BCUT2D eigenvalue weighted by atomic mass is 32.2. The summed E-state index contributed by atoms with van der Waals surface area (Å²) in [6, 6.07) is 8.53. The number of aromatic nitrogens is 2. The van der Waals surface area contributed by atoms with Crippen LogP contribution in [0.2, 0.25) is 0 Å². The van der Waals surface area contributed by atoms with Crippen molar-refractivity contribution in [3.8, 4) is 0 Å². The minimum Gasteiger partial charge on any atom is -0.265 e. The molecule has 0 unspecified atom stereocenters. The van der Waals surface area contributed by atoms with Crippen LogP contribution in [0.5, 0.6) is 0 Å². The highest BCUT2D eigenvalue weighted by molar-refractivity contribution is 8.13. The van der Waals surface area contributed by atoms with Crippen molar-refractivity contribution in [1.82, 2.24) is 9.97 Å². The number of nitrogens with zero attached hydrogens (tertiary/aromatic N) is 2. The molecule has 2 aliphatic heterocycles. The van der Waals surface area contributed by atoms with Crippen LogP contribution >= 0.6 is 47.0 Å². The average Bonchev–Trinajstić information content (AvgIpc) is 2.98. The molecule has 0 bridgehead atoms. The van der Waals surface area contributed by atoms with Gasteiger partial charge < -0.3 is 0 Å².